The van der Waals surface area contributed by atoms with E-state index in [-0.39, 0.29) is 5.91 Å². The van der Waals surface area contributed by atoms with Crippen LogP contribution in [0.2, 0.25) is 0 Å². The van der Waals surface area contributed by atoms with E-state index in [1.807, 2.05) is 49.4 Å². The molecular formula is C22H28N2O2S. The molecule has 1 amide bonds. The first-order chi connectivity index (χ1) is 13.1. The summed E-state index contributed by atoms with van der Waals surface area (Å²) in [6, 6.07) is 15.4. The topological polar surface area (TPSA) is 50.4 Å². The predicted octanol–water partition coefficient (Wildman–Crippen LogP) is 4.76. The minimum atomic E-state index is -0.263. The molecule has 0 radical (unpaired) electrons. The summed E-state index contributed by atoms with van der Waals surface area (Å²) in [5.74, 6) is 0.327. The molecule has 0 unspecified atom stereocenters. The first kappa shape index (κ1) is 20.9. The second-order valence-electron chi connectivity index (χ2n) is 6.53. The van der Waals surface area contributed by atoms with Crippen molar-refractivity contribution in [3.8, 4) is 5.75 Å². The van der Waals surface area contributed by atoms with Gasteiger partial charge in [-0.3, -0.25) is 10.1 Å². The van der Waals surface area contributed by atoms with Gasteiger partial charge < -0.3 is 10.1 Å². The van der Waals surface area contributed by atoms with Crippen LogP contribution in [0.15, 0.2) is 48.5 Å². The van der Waals surface area contributed by atoms with Gasteiger partial charge in [0.05, 0.1) is 12.2 Å². The number of carbonyl (C=O) groups excluding carboxylic acids is 1. The predicted molar refractivity (Wildman–Crippen MR) is 114 cm³/mol. The van der Waals surface area contributed by atoms with Crippen LogP contribution >= 0.6 is 12.2 Å². The fourth-order valence-corrected chi connectivity index (χ4v) is 2.76. The number of unbranched alkanes of at least 4 members (excludes halogenated alkanes) is 3. The number of ether oxygens (including phenoxy) is 1. The van der Waals surface area contributed by atoms with Gasteiger partial charge in [0.1, 0.15) is 5.75 Å². The van der Waals surface area contributed by atoms with Crippen molar-refractivity contribution in [2.45, 2.75) is 46.1 Å². The van der Waals surface area contributed by atoms with Gasteiger partial charge in [0, 0.05) is 6.54 Å². The Balaban J connectivity index is 1.85. The van der Waals surface area contributed by atoms with E-state index in [0.29, 0.717) is 29.6 Å². The average molecular weight is 385 g/mol. The molecule has 0 aromatic heterocycles. The second-order valence-corrected chi connectivity index (χ2v) is 6.94. The van der Waals surface area contributed by atoms with Crippen LogP contribution in [0, 0.1) is 6.92 Å². The molecule has 2 N–H and O–H groups in total. The number of carbonyl (C=O) groups is 1. The molecule has 4 nitrogen and oxygen atoms in total. The first-order valence-electron chi connectivity index (χ1n) is 9.46. The van der Waals surface area contributed by atoms with E-state index in [1.54, 1.807) is 6.07 Å². The van der Waals surface area contributed by atoms with Gasteiger partial charge in [-0.2, -0.15) is 0 Å². The van der Waals surface area contributed by atoms with Crippen molar-refractivity contribution in [3.05, 3.63) is 65.2 Å². The third-order valence-electron chi connectivity index (χ3n) is 4.19. The molecule has 0 spiro atoms. The molecular weight excluding hydrogens is 356 g/mol. The van der Waals surface area contributed by atoms with Gasteiger partial charge in [0.15, 0.2) is 5.11 Å². The first-order valence-corrected chi connectivity index (χ1v) is 9.87. The van der Waals surface area contributed by atoms with Crippen LogP contribution < -0.4 is 15.4 Å². The van der Waals surface area contributed by atoms with Crippen molar-refractivity contribution in [3.63, 3.8) is 0 Å². The summed E-state index contributed by atoms with van der Waals surface area (Å²) in [5.41, 5.74) is 2.81. The highest BCUT2D eigenvalue weighted by molar-refractivity contribution is 7.80. The lowest BCUT2D eigenvalue weighted by Crippen LogP contribution is -2.39. The molecule has 0 aliphatic carbocycles. The number of para-hydroxylation sites is 1. The molecule has 144 valence electrons. The lowest BCUT2D eigenvalue weighted by Gasteiger charge is -2.13. The van der Waals surface area contributed by atoms with Crippen LogP contribution in [0.1, 0.15) is 54.1 Å². The highest BCUT2D eigenvalue weighted by Crippen LogP contribution is 2.18. The Bertz CT molecular complexity index is 744. The molecule has 2 aromatic rings. The third-order valence-corrected chi connectivity index (χ3v) is 4.43. The van der Waals surface area contributed by atoms with Gasteiger partial charge in [0.2, 0.25) is 0 Å². The number of hydrogen-bond donors (Lipinski definition) is 2. The van der Waals surface area contributed by atoms with E-state index in [4.69, 9.17) is 17.0 Å². The molecule has 0 saturated heterocycles. The largest absolute Gasteiger partial charge is 0.493 e. The average Bonchev–Trinajstić information content (AvgIpc) is 2.67. The highest BCUT2D eigenvalue weighted by atomic mass is 32.1. The molecule has 0 fully saturated rings. The molecule has 0 aliphatic rings. The lowest BCUT2D eigenvalue weighted by molar-refractivity contribution is 0.0972. The number of thiocarbonyl (C=S) groups is 1. The number of benzene rings is 2. The van der Waals surface area contributed by atoms with E-state index < -0.39 is 0 Å². The summed E-state index contributed by atoms with van der Waals surface area (Å²) >= 11 is 5.25. The van der Waals surface area contributed by atoms with Gasteiger partial charge in [0.25, 0.3) is 5.91 Å². The van der Waals surface area contributed by atoms with Crippen LogP contribution in [-0.2, 0) is 6.54 Å². The molecule has 27 heavy (non-hydrogen) atoms. The molecule has 0 atom stereocenters. The summed E-state index contributed by atoms with van der Waals surface area (Å²) < 4.78 is 5.80. The van der Waals surface area contributed by atoms with Gasteiger partial charge in [-0.1, -0.05) is 68.1 Å². The van der Waals surface area contributed by atoms with E-state index in [9.17, 15) is 4.79 Å². The Hall–Kier alpha value is -2.40. The zero-order chi connectivity index (χ0) is 19.5. The maximum absolute atomic E-state index is 12.5. The summed E-state index contributed by atoms with van der Waals surface area (Å²) in [7, 11) is 0. The SMILES string of the molecule is CCCCCCOc1ccccc1C(=O)NC(=S)NCc1ccc(C)cc1. The summed E-state index contributed by atoms with van der Waals surface area (Å²) in [5, 5.41) is 6.10. The van der Waals surface area contributed by atoms with E-state index in [1.165, 1.54) is 18.4 Å². The lowest BCUT2D eigenvalue weighted by atomic mass is 10.1. The Morgan fingerprint density at radius 3 is 2.52 bits per heavy atom. The van der Waals surface area contributed by atoms with Crippen LogP contribution in [0.5, 0.6) is 5.75 Å². The molecule has 0 saturated carbocycles. The fourth-order valence-electron chi connectivity index (χ4n) is 2.59. The van der Waals surface area contributed by atoms with Crippen molar-refractivity contribution in [2.75, 3.05) is 6.61 Å². The Morgan fingerprint density at radius 2 is 1.78 bits per heavy atom. The Labute approximate surface area is 167 Å². The summed E-state index contributed by atoms with van der Waals surface area (Å²) in [6.07, 6.45) is 4.51. The summed E-state index contributed by atoms with van der Waals surface area (Å²) in [6.45, 7) is 5.40. The van der Waals surface area contributed by atoms with E-state index in [2.05, 4.69) is 17.6 Å². The van der Waals surface area contributed by atoms with Gasteiger partial charge >= 0.3 is 0 Å². The summed E-state index contributed by atoms with van der Waals surface area (Å²) in [4.78, 5) is 12.5. The van der Waals surface area contributed by atoms with Crippen LogP contribution in [0.3, 0.4) is 0 Å². The Kier molecular flexibility index (Phi) is 8.78. The van der Waals surface area contributed by atoms with Crippen LogP contribution in [0.25, 0.3) is 0 Å². The molecule has 0 bridgehead atoms. The highest BCUT2D eigenvalue weighted by Gasteiger charge is 2.13. The van der Waals surface area contributed by atoms with Crippen molar-refractivity contribution >= 4 is 23.2 Å². The number of nitrogens with one attached hydrogen (secondary N) is 2. The fraction of sp³-hybridized carbons (Fsp3) is 0.364. The van der Waals surface area contributed by atoms with Gasteiger partial charge in [-0.25, -0.2) is 0 Å². The van der Waals surface area contributed by atoms with Crippen LogP contribution in [0.4, 0.5) is 0 Å². The maximum Gasteiger partial charge on any atom is 0.261 e. The minimum Gasteiger partial charge on any atom is -0.493 e. The third kappa shape index (κ3) is 7.39. The van der Waals surface area contributed by atoms with Crippen molar-refractivity contribution in [1.29, 1.82) is 0 Å². The number of aryl methyl sites for hydroxylation is 1. The van der Waals surface area contributed by atoms with Crippen molar-refractivity contribution in [2.24, 2.45) is 0 Å². The van der Waals surface area contributed by atoms with Gasteiger partial charge in [-0.15, -0.1) is 0 Å². The minimum absolute atomic E-state index is 0.263. The molecule has 5 heteroatoms. The number of hydrogen-bond acceptors (Lipinski definition) is 3. The van der Waals surface area contributed by atoms with E-state index in [0.717, 1.165) is 18.4 Å². The zero-order valence-corrected chi connectivity index (χ0v) is 16.9. The van der Waals surface area contributed by atoms with E-state index >= 15 is 0 Å². The normalized spacial score (nSPS) is 10.3. The standard InChI is InChI=1S/C22H28N2O2S/c1-3-4-5-8-15-26-20-10-7-6-9-19(20)21(25)24-22(27)23-16-18-13-11-17(2)12-14-18/h6-7,9-14H,3-5,8,15-16H2,1-2H3,(H2,23,24,25,27). The second kappa shape index (κ2) is 11.3. The monoisotopic (exact) mass is 384 g/mol. The maximum atomic E-state index is 12.5. The molecule has 0 heterocycles. The molecule has 2 rings (SSSR count). The van der Waals surface area contributed by atoms with Crippen molar-refractivity contribution in [1.82, 2.24) is 10.6 Å². The number of rotatable bonds is 9. The molecule has 0 aliphatic heterocycles. The Morgan fingerprint density at radius 1 is 1.04 bits per heavy atom. The zero-order valence-electron chi connectivity index (χ0n) is 16.1. The smallest absolute Gasteiger partial charge is 0.261 e. The molecule has 2 aromatic carbocycles. The van der Waals surface area contributed by atoms with Crippen LogP contribution in [-0.4, -0.2) is 17.6 Å². The number of amides is 1. The quantitative estimate of drug-likeness (QED) is 0.483. The van der Waals surface area contributed by atoms with Crippen molar-refractivity contribution < 1.29 is 9.53 Å². The van der Waals surface area contributed by atoms with Gasteiger partial charge in [-0.05, 0) is 43.3 Å².